The van der Waals surface area contributed by atoms with Crippen LogP contribution in [0, 0.1) is 0 Å². The first-order valence-corrected chi connectivity index (χ1v) is 6.56. The van der Waals surface area contributed by atoms with Crippen molar-refractivity contribution in [1.82, 2.24) is 0 Å². The maximum absolute atomic E-state index is 12.5. The molecule has 2 aromatic rings. The number of hydrogen-bond acceptors (Lipinski definition) is 2. The SMILES string of the molecule is FC(F)(F)C1=CCN(c2cc3ccccc3s2)C=C1. The van der Waals surface area contributed by atoms with Crippen molar-refractivity contribution in [1.29, 1.82) is 0 Å². The molecule has 0 fully saturated rings. The Bertz CT molecular complexity index is 634. The van der Waals surface area contributed by atoms with Gasteiger partial charge in [-0.05, 0) is 23.6 Å². The fourth-order valence-corrected chi connectivity index (χ4v) is 3.03. The van der Waals surface area contributed by atoms with Crippen molar-refractivity contribution < 1.29 is 13.2 Å². The van der Waals surface area contributed by atoms with E-state index in [9.17, 15) is 13.2 Å². The fraction of sp³-hybridized carbons (Fsp3) is 0.143. The highest BCUT2D eigenvalue weighted by Gasteiger charge is 2.32. The standard InChI is InChI=1S/C14H10F3NS/c15-14(16,17)11-5-7-18(8-6-11)13-9-10-3-1-2-4-12(10)19-13/h1-7,9H,8H2. The summed E-state index contributed by atoms with van der Waals surface area (Å²) in [4.78, 5) is 1.82. The molecular formula is C14H10F3NS. The molecule has 98 valence electrons. The number of halogens is 3. The summed E-state index contributed by atoms with van der Waals surface area (Å²) in [5.41, 5.74) is -0.579. The van der Waals surface area contributed by atoms with Crippen LogP contribution >= 0.6 is 11.3 Å². The molecule has 2 heterocycles. The van der Waals surface area contributed by atoms with E-state index < -0.39 is 11.7 Å². The Morgan fingerprint density at radius 1 is 1.16 bits per heavy atom. The average molecular weight is 281 g/mol. The number of rotatable bonds is 1. The molecule has 0 aliphatic carbocycles. The summed E-state index contributed by atoms with van der Waals surface area (Å²) in [5.74, 6) is 0. The molecule has 0 N–H and O–H groups in total. The lowest BCUT2D eigenvalue weighted by molar-refractivity contribution is -0.0885. The molecule has 0 unspecified atom stereocenters. The Hall–Kier alpha value is -1.75. The number of anilines is 1. The van der Waals surface area contributed by atoms with Gasteiger partial charge in [0.1, 0.15) is 0 Å². The van der Waals surface area contributed by atoms with Gasteiger partial charge in [-0.3, -0.25) is 0 Å². The third-order valence-electron chi connectivity index (χ3n) is 2.96. The van der Waals surface area contributed by atoms with Gasteiger partial charge >= 0.3 is 6.18 Å². The first-order valence-electron chi connectivity index (χ1n) is 5.75. The van der Waals surface area contributed by atoms with Crippen LogP contribution in [0.5, 0.6) is 0 Å². The summed E-state index contributed by atoms with van der Waals surface area (Å²) in [6, 6.07) is 9.91. The Labute approximate surface area is 112 Å². The second kappa shape index (κ2) is 4.42. The predicted molar refractivity (Wildman–Crippen MR) is 72.4 cm³/mol. The zero-order valence-electron chi connectivity index (χ0n) is 9.82. The maximum atomic E-state index is 12.5. The molecular weight excluding hydrogens is 271 g/mol. The summed E-state index contributed by atoms with van der Waals surface area (Å²) in [6.07, 6.45) is -0.436. The van der Waals surface area contributed by atoms with Gasteiger partial charge in [-0.1, -0.05) is 24.3 Å². The van der Waals surface area contributed by atoms with Gasteiger partial charge in [0.05, 0.1) is 10.6 Å². The number of fused-ring (bicyclic) bond motifs is 1. The van der Waals surface area contributed by atoms with Crippen LogP contribution in [0.2, 0.25) is 0 Å². The van der Waals surface area contributed by atoms with Crippen LogP contribution < -0.4 is 4.90 Å². The molecule has 0 radical (unpaired) electrons. The van der Waals surface area contributed by atoms with Gasteiger partial charge in [0.2, 0.25) is 0 Å². The molecule has 0 spiro atoms. The van der Waals surface area contributed by atoms with Crippen molar-refractivity contribution >= 4 is 26.4 Å². The van der Waals surface area contributed by atoms with E-state index >= 15 is 0 Å². The van der Waals surface area contributed by atoms with E-state index in [4.69, 9.17) is 0 Å². The van der Waals surface area contributed by atoms with Crippen LogP contribution in [0.15, 0.2) is 54.3 Å². The van der Waals surface area contributed by atoms with Crippen molar-refractivity contribution in [2.75, 3.05) is 11.4 Å². The highest BCUT2D eigenvalue weighted by Crippen LogP contribution is 2.35. The molecule has 3 rings (SSSR count). The second-order valence-electron chi connectivity index (χ2n) is 4.25. The topological polar surface area (TPSA) is 3.24 Å². The minimum Gasteiger partial charge on any atom is -0.336 e. The number of alkyl halides is 3. The van der Waals surface area contributed by atoms with Crippen molar-refractivity contribution in [3.63, 3.8) is 0 Å². The molecule has 19 heavy (non-hydrogen) atoms. The van der Waals surface area contributed by atoms with Crippen LogP contribution in [0.4, 0.5) is 18.2 Å². The van der Waals surface area contributed by atoms with Gasteiger partial charge in [-0.25, -0.2) is 0 Å². The maximum Gasteiger partial charge on any atom is 0.416 e. The summed E-state index contributed by atoms with van der Waals surface area (Å²) >= 11 is 1.58. The monoisotopic (exact) mass is 281 g/mol. The van der Waals surface area contributed by atoms with Crippen LogP contribution in [0.1, 0.15) is 0 Å². The van der Waals surface area contributed by atoms with Gasteiger partial charge in [0.25, 0.3) is 0 Å². The summed E-state index contributed by atoms with van der Waals surface area (Å²) in [6.45, 7) is 0.248. The summed E-state index contributed by atoms with van der Waals surface area (Å²) < 4.78 is 38.6. The predicted octanol–water partition coefficient (Wildman–Crippen LogP) is 4.72. The molecule has 0 saturated heterocycles. The lowest BCUT2D eigenvalue weighted by atomic mass is 10.2. The number of nitrogens with zero attached hydrogens (tertiary/aromatic N) is 1. The molecule has 0 amide bonds. The highest BCUT2D eigenvalue weighted by molar-refractivity contribution is 7.22. The fourth-order valence-electron chi connectivity index (χ4n) is 1.98. The number of benzene rings is 1. The highest BCUT2D eigenvalue weighted by atomic mass is 32.1. The molecule has 1 aliphatic rings. The van der Waals surface area contributed by atoms with E-state index in [1.165, 1.54) is 12.3 Å². The molecule has 0 saturated carbocycles. The van der Waals surface area contributed by atoms with Crippen LogP contribution in [0.3, 0.4) is 0 Å². The first-order chi connectivity index (χ1) is 9.04. The third kappa shape index (κ3) is 2.38. The van der Waals surface area contributed by atoms with Gasteiger partial charge in [0, 0.05) is 17.4 Å². The molecule has 5 heteroatoms. The number of thiophene rings is 1. The second-order valence-corrected chi connectivity index (χ2v) is 5.31. The molecule has 1 aromatic carbocycles. The summed E-state index contributed by atoms with van der Waals surface area (Å²) in [7, 11) is 0. The van der Waals surface area contributed by atoms with Crippen molar-refractivity contribution in [2.24, 2.45) is 0 Å². The van der Waals surface area contributed by atoms with E-state index in [-0.39, 0.29) is 6.54 Å². The molecule has 1 aliphatic heterocycles. The van der Waals surface area contributed by atoms with Crippen LogP contribution in [0.25, 0.3) is 10.1 Å². The van der Waals surface area contributed by atoms with E-state index in [1.54, 1.807) is 11.3 Å². The zero-order chi connectivity index (χ0) is 13.5. The normalized spacial score (nSPS) is 15.9. The van der Waals surface area contributed by atoms with Crippen LogP contribution in [-0.4, -0.2) is 12.7 Å². The Morgan fingerprint density at radius 2 is 1.95 bits per heavy atom. The molecule has 0 atom stereocenters. The Morgan fingerprint density at radius 3 is 2.58 bits per heavy atom. The zero-order valence-corrected chi connectivity index (χ0v) is 10.6. The van der Waals surface area contributed by atoms with Crippen molar-refractivity contribution in [3.8, 4) is 0 Å². The Kier molecular flexibility index (Phi) is 2.86. The van der Waals surface area contributed by atoms with E-state index in [2.05, 4.69) is 0 Å². The minimum atomic E-state index is -4.26. The van der Waals surface area contributed by atoms with E-state index in [0.717, 1.165) is 21.2 Å². The molecule has 0 bridgehead atoms. The van der Waals surface area contributed by atoms with E-state index in [0.29, 0.717) is 0 Å². The van der Waals surface area contributed by atoms with Gasteiger partial charge < -0.3 is 4.90 Å². The van der Waals surface area contributed by atoms with Crippen molar-refractivity contribution in [2.45, 2.75) is 6.18 Å². The Balaban J connectivity index is 1.86. The number of allylic oxidation sites excluding steroid dienone is 2. The van der Waals surface area contributed by atoms with Gasteiger partial charge in [0.15, 0.2) is 0 Å². The van der Waals surface area contributed by atoms with E-state index in [1.807, 2.05) is 35.2 Å². The average Bonchev–Trinajstić information content (AvgIpc) is 2.81. The third-order valence-corrected chi connectivity index (χ3v) is 4.12. The molecule has 1 nitrogen and oxygen atoms in total. The molecule has 1 aromatic heterocycles. The first kappa shape index (κ1) is 12.3. The van der Waals surface area contributed by atoms with Crippen molar-refractivity contribution in [3.05, 3.63) is 54.3 Å². The lowest BCUT2D eigenvalue weighted by Gasteiger charge is -2.21. The largest absolute Gasteiger partial charge is 0.416 e. The smallest absolute Gasteiger partial charge is 0.336 e. The van der Waals surface area contributed by atoms with Gasteiger partial charge in [-0.2, -0.15) is 13.2 Å². The quantitative estimate of drug-likeness (QED) is 0.730. The van der Waals surface area contributed by atoms with Gasteiger partial charge in [-0.15, -0.1) is 11.3 Å². The lowest BCUT2D eigenvalue weighted by Crippen LogP contribution is -2.22. The number of hydrogen-bond donors (Lipinski definition) is 0. The summed E-state index contributed by atoms with van der Waals surface area (Å²) in [5, 5.41) is 2.07. The minimum absolute atomic E-state index is 0.248. The van der Waals surface area contributed by atoms with Crippen LogP contribution in [-0.2, 0) is 0 Å².